The molecule has 0 saturated carbocycles. The maximum Gasteiger partial charge on any atom is 0.326 e. The van der Waals surface area contributed by atoms with E-state index in [9.17, 15) is 4.79 Å². The van der Waals surface area contributed by atoms with E-state index in [4.69, 9.17) is 0 Å². The summed E-state index contributed by atoms with van der Waals surface area (Å²) in [5, 5.41) is 4.00. The van der Waals surface area contributed by atoms with Crippen molar-refractivity contribution in [2.75, 3.05) is 16.8 Å². The number of benzene rings is 2. The third-order valence-electron chi connectivity index (χ3n) is 3.71. The average molecular weight is 293 g/mol. The van der Waals surface area contributed by atoms with Gasteiger partial charge in [-0.25, -0.2) is 4.79 Å². The van der Waals surface area contributed by atoms with Gasteiger partial charge in [0.2, 0.25) is 0 Å². The van der Waals surface area contributed by atoms with E-state index < -0.39 is 0 Å². The van der Waals surface area contributed by atoms with Crippen LogP contribution in [-0.4, -0.2) is 17.6 Å². The van der Waals surface area contributed by atoms with Crippen molar-refractivity contribution in [1.29, 1.82) is 0 Å². The number of hydrogen-bond acceptors (Lipinski definition) is 1. The van der Waals surface area contributed by atoms with Crippen molar-refractivity contribution in [3.63, 3.8) is 0 Å². The van der Waals surface area contributed by atoms with Gasteiger partial charge in [-0.05, 0) is 37.6 Å². The van der Waals surface area contributed by atoms with Crippen LogP contribution in [0.25, 0.3) is 10.9 Å². The van der Waals surface area contributed by atoms with Crippen molar-refractivity contribution in [2.24, 2.45) is 0 Å². The van der Waals surface area contributed by atoms with Gasteiger partial charge in [0.25, 0.3) is 0 Å². The summed E-state index contributed by atoms with van der Waals surface area (Å²) < 4.78 is 0. The van der Waals surface area contributed by atoms with Crippen molar-refractivity contribution < 1.29 is 4.79 Å². The molecule has 0 aliphatic heterocycles. The molecule has 0 unspecified atom stereocenters. The van der Waals surface area contributed by atoms with Crippen molar-refractivity contribution in [1.82, 2.24) is 4.98 Å². The molecule has 0 bridgehead atoms. The van der Waals surface area contributed by atoms with E-state index in [1.54, 1.807) is 4.90 Å². The zero-order valence-corrected chi connectivity index (χ0v) is 12.8. The summed E-state index contributed by atoms with van der Waals surface area (Å²) in [6.07, 6.45) is 1.83. The summed E-state index contributed by atoms with van der Waals surface area (Å²) in [6.45, 7) is 4.60. The minimum absolute atomic E-state index is 0.127. The first-order valence-corrected chi connectivity index (χ1v) is 7.40. The fourth-order valence-corrected chi connectivity index (χ4v) is 2.60. The highest BCUT2D eigenvalue weighted by molar-refractivity contribution is 6.07. The van der Waals surface area contributed by atoms with Gasteiger partial charge < -0.3 is 10.3 Å². The Labute approximate surface area is 129 Å². The molecule has 2 aromatic carbocycles. The van der Waals surface area contributed by atoms with Crippen LogP contribution in [0.5, 0.6) is 0 Å². The van der Waals surface area contributed by atoms with E-state index in [1.165, 1.54) is 0 Å². The fraction of sp³-hybridized carbons (Fsp3) is 0.167. The smallest absolute Gasteiger partial charge is 0.326 e. The first kappa shape index (κ1) is 14.2. The third kappa shape index (κ3) is 2.68. The van der Waals surface area contributed by atoms with Crippen LogP contribution in [0.1, 0.15) is 12.5 Å². The van der Waals surface area contributed by atoms with Crippen LogP contribution in [0, 0.1) is 6.92 Å². The maximum atomic E-state index is 12.6. The summed E-state index contributed by atoms with van der Waals surface area (Å²) in [6, 6.07) is 15.7. The van der Waals surface area contributed by atoms with E-state index in [2.05, 4.69) is 10.3 Å². The predicted molar refractivity (Wildman–Crippen MR) is 91.5 cm³/mol. The number of carbonyl (C=O) groups excluding carboxylic acids is 1. The number of aromatic amines is 1. The molecule has 2 N–H and O–H groups in total. The average Bonchev–Trinajstić information content (AvgIpc) is 2.91. The number of aromatic nitrogens is 1. The number of hydrogen-bond donors (Lipinski definition) is 2. The Bertz CT molecular complexity index is 807. The minimum Gasteiger partial charge on any atom is -0.359 e. The zero-order valence-electron chi connectivity index (χ0n) is 12.8. The number of nitrogens with one attached hydrogen (secondary N) is 2. The van der Waals surface area contributed by atoms with E-state index in [-0.39, 0.29) is 6.03 Å². The molecule has 3 rings (SSSR count). The lowest BCUT2D eigenvalue weighted by Gasteiger charge is -2.21. The van der Waals surface area contributed by atoms with Gasteiger partial charge >= 0.3 is 6.03 Å². The Kier molecular flexibility index (Phi) is 3.83. The number of nitrogens with zero attached hydrogens (tertiary/aromatic N) is 1. The van der Waals surface area contributed by atoms with Crippen molar-refractivity contribution in [3.8, 4) is 0 Å². The van der Waals surface area contributed by atoms with Crippen LogP contribution < -0.4 is 10.2 Å². The van der Waals surface area contributed by atoms with E-state index >= 15 is 0 Å². The molecule has 1 aromatic heterocycles. The number of urea groups is 1. The highest BCUT2D eigenvalue weighted by atomic mass is 16.2. The van der Waals surface area contributed by atoms with Gasteiger partial charge in [0.1, 0.15) is 0 Å². The van der Waals surface area contributed by atoms with E-state index in [0.29, 0.717) is 6.54 Å². The molecular weight excluding hydrogens is 274 g/mol. The number of anilines is 2. The number of para-hydroxylation sites is 1. The molecule has 4 nitrogen and oxygen atoms in total. The summed E-state index contributed by atoms with van der Waals surface area (Å²) in [4.78, 5) is 17.5. The van der Waals surface area contributed by atoms with E-state index in [1.807, 2.05) is 68.6 Å². The molecule has 22 heavy (non-hydrogen) atoms. The molecule has 0 radical (unpaired) electrons. The normalized spacial score (nSPS) is 10.6. The predicted octanol–water partition coefficient (Wildman–Crippen LogP) is 4.53. The molecular formula is C18H19N3O. The Morgan fingerprint density at radius 3 is 2.77 bits per heavy atom. The Hall–Kier alpha value is -2.75. The molecule has 4 heteroatoms. The molecule has 0 aliphatic rings. The second-order valence-electron chi connectivity index (χ2n) is 5.26. The molecule has 0 spiro atoms. The first-order chi connectivity index (χ1) is 10.7. The monoisotopic (exact) mass is 293 g/mol. The topological polar surface area (TPSA) is 48.1 Å². The molecule has 0 atom stereocenters. The molecule has 2 amide bonds. The lowest BCUT2D eigenvalue weighted by Crippen LogP contribution is -2.34. The number of fused-ring (bicyclic) bond motifs is 1. The fourth-order valence-electron chi connectivity index (χ4n) is 2.60. The van der Waals surface area contributed by atoms with Gasteiger partial charge in [-0.15, -0.1) is 0 Å². The molecule has 0 saturated heterocycles. The zero-order chi connectivity index (χ0) is 15.5. The van der Waals surface area contributed by atoms with Crippen LogP contribution in [0.4, 0.5) is 16.2 Å². The highest BCUT2D eigenvalue weighted by Crippen LogP contribution is 2.24. The molecule has 0 aliphatic carbocycles. The number of carbonyl (C=O) groups is 1. The molecule has 1 heterocycles. The van der Waals surface area contributed by atoms with Gasteiger partial charge in [0, 0.05) is 29.3 Å². The number of H-pyrrole nitrogens is 1. The largest absolute Gasteiger partial charge is 0.359 e. The number of rotatable bonds is 3. The first-order valence-electron chi connectivity index (χ1n) is 7.40. The van der Waals surface area contributed by atoms with Crippen LogP contribution in [-0.2, 0) is 0 Å². The molecule has 112 valence electrons. The standard InChI is InChI=1S/C18H19N3O/c1-3-21(14-8-6-7-13(2)11-14)18(22)20-17-12-19-16-10-5-4-9-15(16)17/h4-12,19H,3H2,1-2H3,(H,20,22). The quantitative estimate of drug-likeness (QED) is 0.732. The summed E-state index contributed by atoms with van der Waals surface area (Å²) in [5.41, 5.74) is 3.85. The summed E-state index contributed by atoms with van der Waals surface area (Å²) in [7, 11) is 0. The molecule has 0 fully saturated rings. The van der Waals surface area contributed by atoms with Gasteiger partial charge in [0.15, 0.2) is 0 Å². The second-order valence-corrected chi connectivity index (χ2v) is 5.26. The maximum absolute atomic E-state index is 12.6. The Morgan fingerprint density at radius 2 is 2.00 bits per heavy atom. The van der Waals surface area contributed by atoms with Gasteiger partial charge in [-0.1, -0.05) is 30.3 Å². The van der Waals surface area contributed by atoms with Crippen LogP contribution in [0.2, 0.25) is 0 Å². The second kappa shape index (κ2) is 5.93. The van der Waals surface area contributed by atoms with Crippen molar-refractivity contribution in [3.05, 3.63) is 60.3 Å². The minimum atomic E-state index is -0.127. The van der Waals surface area contributed by atoms with Crippen LogP contribution in [0.15, 0.2) is 54.7 Å². The van der Waals surface area contributed by atoms with Crippen molar-refractivity contribution >= 4 is 28.3 Å². The van der Waals surface area contributed by atoms with Gasteiger partial charge in [0.05, 0.1) is 5.69 Å². The Balaban J connectivity index is 1.86. The highest BCUT2D eigenvalue weighted by Gasteiger charge is 2.15. The number of amides is 2. The molecule has 3 aromatic rings. The van der Waals surface area contributed by atoms with Gasteiger partial charge in [-0.3, -0.25) is 4.90 Å². The Morgan fingerprint density at radius 1 is 1.18 bits per heavy atom. The summed E-state index contributed by atoms with van der Waals surface area (Å²) in [5.74, 6) is 0. The third-order valence-corrected chi connectivity index (χ3v) is 3.71. The SMILES string of the molecule is CCN(C(=O)Nc1c[nH]c2ccccc12)c1cccc(C)c1. The van der Waals surface area contributed by atoms with E-state index in [0.717, 1.165) is 27.8 Å². The lowest BCUT2D eigenvalue weighted by atomic mass is 10.2. The summed E-state index contributed by atoms with van der Waals surface area (Å²) >= 11 is 0. The number of aryl methyl sites for hydroxylation is 1. The van der Waals surface area contributed by atoms with Crippen molar-refractivity contribution in [2.45, 2.75) is 13.8 Å². The lowest BCUT2D eigenvalue weighted by molar-refractivity contribution is 0.257. The van der Waals surface area contributed by atoms with Gasteiger partial charge in [-0.2, -0.15) is 0 Å². The van der Waals surface area contributed by atoms with Crippen LogP contribution in [0.3, 0.4) is 0 Å². The van der Waals surface area contributed by atoms with Crippen LogP contribution >= 0.6 is 0 Å².